The fourth-order valence-electron chi connectivity index (χ4n) is 6.29. The summed E-state index contributed by atoms with van der Waals surface area (Å²) in [7, 11) is 0. The van der Waals surface area contributed by atoms with E-state index in [1.165, 1.54) is 0 Å². The molecule has 0 atom stereocenters. The summed E-state index contributed by atoms with van der Waals surface area (Å²) >= 11 is 0. The summed E-state index contributed by atoms with van der Waals surface area (Å²) in [6, 6.07) is 69.1. The maximum atomic E-state index is 5.99. The molecule has 0 saturated heterocycles. The van der Waals surface area contributed by atoms with Crippen molar-refractivity contribution in [1.29, 1.82) is 0 Å². The molecule has 5 nitrogen and oxygen atoms in total. The SMILES string of the molecule is c1ccc(Nc2cccc3c2oc2ccccc23)cc1.c1ccc(Nc2cccc3oc4ccccc4c23)cc1.c1ccc(Nc2ccccc2)cc1. The van der Waals surface area contributed by atoms with Crippen LogP contribution in [-0.4, -0.2) is 0 Å². The van der Waals surface area contributed by atoms with E-state index in [1.54, 1.807) is 0 Å². The Labute approximate surface area is 308 Å². The number of hydrogen-bond donors (Lipinski definition) is 3. The van der Waals surface area contributed by atoms with E-state index in [0.29, 0.717) is 0 Å². The molecular formula is C48H37N3O2. The number of anilines is 6. The Bertz CT molecular complexity index is 2640. The fourth-order valence-corrected chi connectivity index (χ4v) is 6.29. The van der Waals surface area contributed by atoms with E-state index in [-0.39, 0.29) is 0 Å². The standard InChI is InChI=1S/2C18H13NO.C12H11N/c1-2-7-13(8-3-1)19-16-11-6-10-15-14-9-4-5-12-17(14)20-18(15)16;1-2-7-13(8-3-1)19-15-10-6-12-17-18(15)14-9-4-5-11-16(14)20-17;1-3-7-11(8-4-1)13-12-9-5-2-6-10-12/h2*1-12,19H;1-10,13H. The van der Waals surface area contributed by atoms with Gasteiger partial charge in [-0.3, -0.25) is 0 Å². The monoisotopic (exact) mass is 687 g/mol. The largest absolute Gasteiger partial charge is 0.456 e. The van der Waals surface area contributed by atoms with Gasteiger partial charge in [0.25, 0.3) is 0 Å². The molecule has 0 unspecified atom stereocenters. The number of para-hydroxylation sites is 7. The number of benzene rings is 8. The molecule has 10 rings (SSSR count). The summed E-state index contributed by atoms with van der Waals surface area (Å²) in [6.07, 6.45) is 0. The van der Waals surface area contributed by atoms with Crippen molar-refractivity contribution >= 4 is 78.0 Å². The van der Waals surface area contributed by atoms with E-state index in [9.17, 15) is 0 Å². The lowest BCUT2D eigenvalue weighted by Crippen LogP contribution is -1.89. The highest BCUT2D eigenvalue weighted by Gasteiger charge is 2.11. The van der Waals surface area contributed by atoms with Crippen molar-refractivity contribution in [2.45, 2.75) is 0 Å². The van der Waals surface area contributed by atoms with Crippen molar-refractivity contribution in [3.8, 4) is 0 Å². The van der Waals surface area contributed by atoms with E-state index in [2.05, 4.69) is 58.4 Å². The van der Waals surface area contributed by atoms with Crippen LogP contribution in [-0.2, 0) is 0 Å². The lowest BCUT2D eigenvalue weighted by Gasteiger charge is -2.07. The molecule has 0 amide bonds. The van der Waals surface area contributed by atoms with Gasteiger partial charge in [0.05, 0.1) is 16.8 Å². The molecule has 0 bridgehead atoms. The molecule has 2 heterocycles. The Balaban J connectivity index is 0.000000116. The fraction of sp³-hybridized carbons (Fsp3) is 0. The van der Waals surface area contributed by atoms with Gasteiger partial charge in [-0.25, -0.2) is 0 Å². The lowest BCUT2D eigenvalue weighted by atomic mass is 10.1. The zero-order valence-electron chi connectivity index (χ0n) is 28.9. The first-order valence-electron chi connectivity index (χ1n) is 17.6. The average molecular weight is 688 g/mol. The van der Waals surface area contributed by atoms with Gasteiger partial charge in [-0.05, 0) is 78.9 Å². The minimum atomic E-state index is 0.901. The second kappa shape index (κ2) is 15.8. The van der Waals surface area contributed by atoms with E-state index >= 15 is 0 Å². The van der Waals surface area contributed by atoms with Crippen molar-refractivity contribution in [3.05, 3.63) is 206 Å². The van der Waals surface area contributed by atoms with Gasteiger partial charge in [0.2, 0.25) is 0 Å². The van der Waals surface area contributed by atoms with Gasteiger partial charge in [0, 0.05) is 38.9 Å². The molecule has 0 spiro atoms. The molecule has 53 heavy (non-hydrogen) atoms. The first-order valence-corrected chi connectivity index (χ1v) is 17.6. The number of nitrogens with one attached hydrogen (secondary N) is 3. The van der Waals surface area contributed by atoms with Crippen LogP contribution in [0.2, 0.25) is 0 Å². The van der Waals surface area contributed by atoms with Crippen LogP contribution in [0.25, 0.3) is 43.9 Å². The van der Waals surface area contributed by atoms with Gasteiger partial charge in [-0.2, -0.15) is 0 Å². The van der Waals surface area contributed by atoms with Crippen molar-refractivity contribution in [2.75, 3.05) is 16.0 Å². The van der Waals surface area contributed by atoms with Gasteiger partial charge in [0.15, 0.2) is 5.58 Å². The van der Waals surface area contributed by atoms with Gasteiger partial charge in [-0.15, -0.1) is 0 Å². The predicted octanol–water partition coefficient (Wildman–Crippen LogP) is 14.1. The van der Waals surface area contributed by atoms with E-state index in [0.717, 1.165) is 78.0 Å². The number of fused-ring (bicyclic) bond motifs is 6. The summed E-state index contributed by atoms with van der Waals surface area (Å²) in [6.45, 7) is 0. The first-order chi connectivity index (χ1) is 26.3. The van der Waals surface area contributed by atoms with Crippen LogP contribution < -0.4 is 16.0 Å². The highest BCUT2D eigenvalue weighted by molar-refractivity contribution is 6.12. The third-order valence-electron chi connectivity index (χ3n) is 8.75. The molecule has 0 fully saturated rings. The minimum absolute atomic E-state index is 0.901. The van der Waals surface area contributed by atoms with Gasteiger partial charge < -0.3 is 24.8 Å². The Morgan fingerprint density at radius 3 is 1.25 bits per heavy atom. The van der Waals surface area contributed by atoms with Crippen LogP contribution in [0.5, 0.6) is 0 Å². The maximum absolute atomic E-state index is 5.99. The summed E-state index contributed by atoms with van der Waals surface area (Å²) in [4.78, 5) is 0. The molecule has 5 heteroatoms. The molecule has 0 saturated carbocycles. The Hall–Kier alpha value is -7.24. The maximum Gasteiger partial charge on any atom is 0.158 e. The smallest absolute Gasteiger partial charge is 0.158 e. The second-order valence-corrected chi connectivity index (χ2v) is 12.4. The third-order valence-corrected chi connectivity index (χ3v) is 8.75. The molecule has 3 N–H and O–H groups in total. The van der Waals surface area contributed by atoms with Crippen LogP contribution in [0.3, 0.4) is 0 Å². The van der Waals surface area contributed by atoms with Crippen LogP contribution in [0.1, 0.15) is 0 Å². The summed E-state index contributed by atoms with van der Waals surface area (Å²) < 4.78 is 11.9. The van der Waals surface area contributed by atoms with Crippen LogP contribution in [0.4, 0.5) is 34.1 Å². The highest BCUT2D eigenvalue weighted by atomic mass is 16.3. The van der Waals surface area contributed by atoms with Crippen LogP contribution in [0.15, 0.2) is 215 Å². The van der Waals surface area contributed by atoms with E-state index < -0.39 is 0 Å². The normalized spacial score (nSPS) is 10.6. The summed E-state index contributed by atoms with van der Waals surface area (Å²) in [5.41, 5.74) is 10.1. The van der Waals surface area contributed by atoms with E-state index in [4.69, 9.17) is 8.83 Å². The van der Waals surface area contributed by atoms with Crippen molar-refractivity contribution in [1.82, 2.24) is 0 Å². The molecule has 10 aromatic rings. The topological polar surface area (TPSA) is 62.4 Å². The zero-order chi connectivity index (χ0) is 35.7. The summed E-state index contributed by atoms with van der Waals surface area (Å²) in [5.74, 6) is 0. The molecular weight excluding hydrogens is 651 g/mol. The molecule has 0 aliphatic rings. The van der Waals surface area contributed by atoms with Gasteiger partial charge >= 0.3 is 0 Å². The van der Waals surface area contributed by atoms with E-state index in [1.807, 2.05) is 164 Å². The highest BCUT2D eigenvalue weighted by Crippen LogP contribution is 2.36. The predicted molar refractivity (Wildman–Crippen MR) is 223 cm³/mol. The Morgan fingerprint density at radius 2 is 0.660 bits per heavy atom. The molecule has 8 aromatic carbocycles. The average Bonchev–Trinajstić information content (AvgIpc) is 3.80. The number of rotatable bonds is 6. The van der Waals surface area contributed by atoms with Gasteiger partial charge in [-0.1, -0.05) is 127 Å². The Morgan fingerprint density at radius 1 is 0.264 bits per heavy atom. The molecule has 0 radical (unpaired) electrons. The minimum Gasteiger partial charge on any atom is -0.456 e. The van der Waals surface area contributed by atoms with Crippen LogP contribution in [0, 0.1) is 0 Å². The molecule has 256 valence electrons. The second-order valence-electron chi connectivity index (χ2n) is 12.4. The lowest BCUT2D eigenvalue weighted by molar-refractivity contribution is 0.669. The number of hydrogen-bond acceptors (Lipinski definition) is 5. The van der Waals surface area contributed by atoms with Crippen molar-refractivity contribution < 1.29 is 8.83 Å². The summed E-state index contributed by atoms with van der Waals surface area (Å²) in [5, 5.41) is 14.7. The molecule has 0 aliphatic heterocycles. The van der Waals surface area contributed by atoms with Crippen molar-refractivity contribution in [2.24, 2.45) is 0 Å². The zero-order valence-corrected chi connectivity index (χ0v) is 28.9. The first kappa shape index (κ1) is 32.9. The molecule has 0 aliphatic carbocycles. The third kappa shape index (κ3) is 7.75. The number of furan rings is 2. The quantitative estimate of drug-likeness (QED) is 0.162. The van der Waals surface area contributed by atoms with Crippen LogP contribution >= 0.6 is 0 Å². The Kier molecular flexibility index (Phi) is 9.79. The van der Waals surface area contributed by atoms with Gasteiger partial charge in [0.1, 0.15) is 16.7 Å². The van der Waals surface area contributed by atoms with Crippen molar-refractivity contribution in [3.63, 3.8) is 0 Å². The molecule has 2 aromatic heterocycles.